The van der Waals surface area contributed by atoms with E-state index in [0.29, 0.717) is 12.1 Å². The predicted molar refractivity (Wildman–Crippen MR) is 145 cm³/mol. The molecule has 186 valence electrons. The molecule has 4 aromatic rings. The van der Waals surface area contributed by atoms with Crippen LogP contribution in [0.4, 0.5) is 0 Å². The number of methoxy groups -OCH3 is 1. The van der Waals surface area contributed by atoms with Crippen molar-refractivity contribution in [2.45, 2.75) is 52.0 Å². The van der Waals surface area contributed by atoms with E-state index < -0.39 is 0 Å². The number of rotatable bonds is 12. The van der Waals surface area contributed by atoms with E-state index in [1.54, 1.807) is 7.11 Å². The first-order valence-corrected chi connectivity index (χ1v) is 12.6. The lowest BCUT2D eigenvalue weighted by molar-refractivity contribution is -0.121. The van der Waals surface area contributed by atoms with Crippen LogP contribution in [-0.2, 0) is 11.3 Å². The third kappa shape index (κ3) is 6.39. The number of nitrogens with one attached hydrogen (secondary N) is 2. The Morgan fingerprint density at radius 2 is 1.86 bits per heavy atom. The molecule has 0 aliphatic heterocycles. The molecule has 36 heavy (non-hydrogen) atoms. The Kier molecular flexibility index (Phi) is 8.50. The summed E-state index contributed by atoms with van der Waals surface area (Å²) in [4.78, 5) is 33.1. The zero-order valence-corrected chi connectivity index (χ0v) is 21.0. The molecule has 2 heterocycles. The number of carbonyl (C=O) groups excluding carboxylic acids is 2. The summed E-state index contributed by atoms with van der Waals surface area (Å²) >= 11 is 0. The highest BCUT2D eigenvalue weighted by Crippen LogP contribution is 2.27. The van der Waals surface area contributed by atoms with Gasteiger partial charge in [-0.3, -0.25) is 9.59 Å². The van der Waals surface area contributed by atoms with Crippen molar-refractivity contribution in [2.24, 2.45) is 0 Å². The third-order valence-electron chi connectivity index (χ3n) is 6.31. The van der Waals surface area contributed by atoms with Crippen molar-refractivity contribution in [3.05, 3.63) is 77.5 Å². The number of carbonyl (C=O) groups is 2. The normalized spacial score (nSPS) is 11.4. The fourth-order valence-electron chi connectivity index (χ4n) is 4.19. The fourth-order valence-corrected chi connectivity index (χ4v) is 4.19. The van der Waals surface area contributed by atoms with Crippen molar-refractivity contribution in [3.8, 4) is 5.75 Å². The molecular formula is C30H33N3O3. The number of nitrogens with zero attached hydrogens (tertiary/aromatic N) is 1. The van der Waals surface area contributed by atoms with E-state index >= 15 is 0 Å². The van der Waals surface area contributed by atoms with E-state index in [-0.39, 0.29) is 24.5 Å². The molecule has 1 amide bonds. The molecule has 0 spiro atoms. The number of ether oxygens (including phenoxy) is 1. The summed E-state index contributed by atoms with van der Waals surface area (Å²) in [5.74, 6) is 0.575. The van der Waals surface area contributed by atoms with E-state index in [1.165, 1.54) is 19.3 Å². The van der Waals surface area contributed by atoms with Crippen molar-refractivity contribution in [1.29, 1.82) is 0 Å². The fraction of sp³-hybridized carbons (Fsp3) is 0.300. The molecule has 0 saturated carbocycles. The summed E-state index contributed by atoms with van der Waals surface area (Å²) in [6.07, 6.45) is 11.2. The minimum atomic E-state index is -0.146. The van der Waals surface area contributed by atoms with Crippen LogP contribution < -0.4 is 10.1 Å². The van der Waals surface area contributed by atoms with Crippen LogP contribution in [0.1, 0.15) is 66.9 Å². The van der Waals surface area contributed by atoms with Gasteiger partial charge in [-0.2, -0.15) is 0 Å². The third-order valence-corrected chi connectivity index (χ3v) is 6.31. The van der Waals surface area contributed by atoms with Crippen molar-refractivity contribution < 1.29 is 14.3 Å². The van der Waals surface area contributed by atoms with Gasteiger partial charge in [-0.15, -0.1) is 0 Å². The molecule has 0 radical (unpaired) electrons. The maximum atomic E-state index is 12.9. The van der Waals surface area contributed by atoms with E-state index in [0.717, 1.165) is 45.2 Å². The lowest BCUT2D eigenvalue weighted by Gasteiger charge is -2.06. The summed E-state index contributed by atoms with van der Waals surface area (Å²) in [6.45, 7) is 2.62. The zero-order valence-electron chi connectivity index (χ0n) is 21.0. The van der Waals surface area contributed by atoms with Crippen LogP contribution >= 0.6 is 0 Å². The van der Waals surface area contributed by atoms with Gasteiger partial charge in [0.1, 0.15) is 11.4 Å². The second-order valence-electron chi connectivity index (χ2n) is 9.00. The van der Waals surface area contributed by atoms with Crippen LogP contribution in [0.2, 0.25) is 0 Å². The van der Waals surface area contributed by atoms with Gasteiger partial charge < -0.3 is 15.0 Å². The SMILES string of the molecule is CCCCCC=Cc1cnc2[nH]c3ccc(C(=O)CCC(=O)NCc4ccc(OC)cc4)cc3c2c1. The van der Waals surface area contributed by atoms with Crippen LogP contribution in [0.25, 0.3) is 28.0 Å². The van der Waals surface area contributed by atoms with Crippen LogP contribution in [-0.4, -0.2) is 28.8 Å². The Hall–Kier alpha value is -3.93. The molecular weight excluding hydrogens is 450 g/mol. The highest BCUT2D eigenvalue weighted by molar-refractivity contribution is 6.10. The monoisotopic (exact) mass is 483 g/mol. The standard InChI is InChI=1S/C30H33N3O3/c1-3-4-5-6-7-8-22-17-26-25-18-23(11-14-27(25)33-30(26)32-20-22)28(34)15-16-29(35)31-19-21-9-12-24(36-2)13-10-21/h7-14,17-18,20H,3-6,15-16,19H2,1-2H3,(H,31,35)(H,32,33). The number of pyridine rings is 1. The average molecular weight is 484 g/mol. The quantitative estimate of drug-likeness (QED) is 0.176. The molecule has 0 atom stereocenters. The molecule has 6 heteroatoms. The average Bonchev–Trinajstić information content (AvgIpc) is 3.28. The van der Waals surface area contributed by atoms with E-state index in [2.05, 4.69) is 40.4 Å². The maximum Gasteiger partial charge on any atom is 0.220 e. The summed E-state index contributed by atoms with van der Waals surface area (Å²) < 4.78 is 5.15. The van der Waals surface area contributed by atoms with E-state index in [1.807, 2.05) is 48.7 Å². The molecule has 6 nitrogen and oxygen atoms in total. The summed E-state index contributed by atoms with van der Waals surface area (Å²) in [7, 11) is 1.62. The van der Waals surface area contributed by atoms with Gasteiger partial charge in [0, 0.05) is 47.4 Å². The number of H-pyrrole nitrogens is 1. The molecule has 0 saturated heterocycles. The van der Waals surface area contributed by atoms with E-state index in [4.69, 9.17) is 4.74 Å². The Morgan fingerprint density at radius 1 is 1.03 bits per heavy atom. The van der Waals surface area contributed by atoms with Crippen LogP contribution in [0.3, 0.4) is 0 Å². The molecule has 2 aromatic carbocycles. The summed E-state index contributed by atoms with van der Waals surface area (Å²) in [5.41, 5.74) is 4.37. The number of aromatic nitrogens is 2. The number of fused-ring (bicyclic) bond motifs is 3. The zero-order chi connectivity index (χ0) is 25.3. The molecule has 0 bridgehead atoms. The van der Waals surface area contributed by atoms with Gasteiger partial charge in [0.2, 0.25) is 5.91 Å². The van der Waals surface area contributed by atoms with E-state index in [9.17, 15) is 9.59 Å². The first-order valence-electron chi connectivity index (χ1n) is 12.6. The largest absolute Gasteiger partial charge is 0.497 e. The van der Waals surface area contributed by atoms with Gasteiger partial charge in [0.25, 0.3) is 0 Å². The topological polar surface area (TPSA) is 84.1 Å². The number of hydrogen-bond acceptors (Lipinski definition) is 4. The number of ketones is 1. The molecule has 0 aliphatic rings. The van der Waals surface area contributed by atoms with Crippen molar-refractivity contribution in [1.82, 2.24) is 15.3 Å². The number of Topliss-reactive ketones (excluding diaryl/α,β-unsaturated/α-hetero) is 1. The van der Waals surface area contributed by atoms with Crippen molar-refractivity contribution >= 4 is 39.7 Å². The van der Waals surface area contributed by atoms with Crippen molar-refractivity contribution in [3.63, 3.8) is 0 Å². The number of allylic oxidation sites excluding steroid dienone is 1. The van der Waals surface area contributed by atoms with Gasteiger partial charge in [0.15, 0.2) is 5.78 Å². The number of aromatic amines is 1. The van der Waals surface area contributed by atoms with Crippen molar-refractivity contribution in [2.75, 3.05) is 7.11 Å². The Labute approximate surface area is 211 Å². The van der Waals surface area contributed by atoms with Crippen LogP contribution in [0.15, 0.2) is 60.8 Å². The Balaban J connectivity index is 1.38. The Bertz CT molecular complexity index is 1370. The number of amides is 1. The Morgan fingerprint density at radius 3 is 2.64 bits per heavy atom. The molecule has 0 fully saturated rings. The summed E-state index contributed by atoms with van der Waals surface area (Å²) in [6, 6.07) is 15.3. The lowest BCUT2D eigenvalue weighted by Crippen LogP contribution is -2.23. The number of benzene rings is 2. The van der Waals surface area contributed by atoms with Gasteiger partial charge in [-0.05, 0) is 60.4 Å². The molecule has 2 aromatic heterocycles. The number of unbranched alkanes of at least 4 members (excludes halogenated alkanes) is 3. The first-order chi connectivity index (χ1) is 17.6. The van der Waals surface area contributed by atoms with Gasteiger partial charge in [-0.25, -0.2) is 4.98 Å². The molecule has 0 aliphatic carbocycles. The second kappa shape index (κ2) is 12.2. The summed E-state index contributed by atoms with van der Waals surface area (Å²) in [5, 5.41) is 4.83. The van der Waals surface area contributed by atoms with Gasteiger partial charge >= 0.3 is 0 Å². The number of hydrogen-bond donors (Lipinski definition) is 2. The minimum Gasteiger partial charge on any atom is -0.497 e. The van der Waals surface area contributed by atoms with Gasteiger partial charge in [-0.1, -0.05) is 44.1 Å². The highest BCUT2D eigenvalue weighted by atomic mass is 16.5. The van der Waals surface area contributed by atoms with Crippen LogP contribution in [0.5, 0.6) is 5.75 Å². The predicted octanol–water partition coefficient (Wildman–Crippen LogP) is 6.60. The lowest BCUT2D eigenvalue weighted by atomic mass is 10.0. The second-order valence-corrected chi connectivity index (χ2v) is 9.00. The van der Waals surface area contributed by atoms with Gasteiger partial charge in [0.05, 0.1) is 7.11 Å². The minimum absolute atomic E-state index is 0.0502. The molecule has 0 unspecified atom stereocenters. The first kappa shape index (κ1) is 25.2. The molecule has 4 rings (SSSR count). The van der Waals surface area contributed by atoms with Crippen LogP contribution in [0, 0.1) is 0 Å². The highest BCUT2D eigenvalue weighted by Gasteiger charge is 2.13. The molecule has 2 N–H and O–H groups in total. The maximum absolute atomic E-state index is 12.9. The smallest absolute Gasteiger partial charge is 0.220 e.